The Morgan fingerprint density at radius 3 is 2.30 bits per heavy atom. The molecule has 57 heavy (non-hydrogen) atoms. The summed E-state index contributed by atoms with van der Waals surface area (Å²) in [5.41, 5.74) is 2.12. The van der Waals surface area contributed by atoms with E-state index in [1.807, 2.05) is 84.6 Å². The largest absolute Gasteiger partial charge is 0.456 e. The Morgan fingerprint density at radius 1 is 0.807 bits per heavy atom. The smallest absolute Gasteiger partial charge is 0.346 e. The minimum absolute atomic E-state index is 0.0254. The molecule has 1 unspecified atom stereocenters. The molecule has 3 aliphatic heterocycles. The molecule has 9 rings (SSSR count). The van der Waals surface area contributed by atoms with Crippen molar-refractivity contribution in [3.63, 3.8) is 0 Å². The summed E-state index contributed by atoms with van der Waals surface area (Å²) in [6, 6.07) is 31.8. The van der Waals surface area contributed by atoms with Gasteiger partial charge in [-0.05, 0) is 71.4 Å². The number of halogens is 1. The van der Waals surface area contributed by atoms with Gasteiger partial charge in [-0.15, -0.1) is 0 Å². The average molecular weight is 765 g/mol. The van der Waals surface area contributed by atoms with E-state index < -0.39 is 39.5 Å². The maximum absolute atomic E-state index is 14.6. The zero-order valence-corrected chi connectivity index (χ0v) is 30.7. The number of amides is 1. The van der Waals surface area contributed by atoms with Crippen molar-refractivity contribution in [3.8, 4) is 17.2 Å². The molecule has 1 amide bonds. The first-order valence-corrected chi connectivity index (χ1v) is 18.2. The number of ether oxygens (including phenoxy) is 3. The van der Waals surface area contributed by atoms with E-state index in [1.54, 1.807) is 18.2 Å². The van der Waals surface area contributed by atoms with Gasteiger partial charge < -0.3 is 28.9 Å². The Morgan fingerprint density at radius 2 is 1.53 bits per heavy atom. The number of benzene rings is 6. The number of non-ortho nitro benzene ring substituents is 1. The first-order valence-electron chi connectivity index (χ1n) is 18.2. The number of fused-ring (bicyclic) bond motifs is 7. The van der Waals surface area contributed by atoms with E-state index in [0.717, 1.165) is 40.3 Å². The van der Waals surface area contributed by atoms with Gasteiger partial charge in [0.1, 0.15) is 28.6 Å². The first kappa shape index (κ1) is 35.4. The molecule has 1 atom stereocenters. The average Bonchev–Trinajstić information content (AvgIpc) is 3.51. The van der Waals surface area contributed by atoms with Gasteiger partial charge in [-0.2, -0.15) is 0 Å². The van der Waals surface area contributed by atoms with Crippen LogP contribution in [0.5, 0.6) is 17.2 Å². The molecular formula is C44H33FN4O8. The fraction of sp³-hybridized carbons (Fsp3) is 0.159. The van der Waals surface area contributed by atoms with Crippen LogP contribution in [0.2, 0.25) is 0 Å². The minimum atomic E-state index is -1.40. The monoisotopic (exact) mass is 764 g/mol. The van der Waals surface area contributed by atoms with E-state index in [2.05, 4.69) is 11.0 Å². The number of rotatable bonds is 6. The molecule has 0 radical (unpaired) electrons. The van der Waals surface area contributed by atoms with Crippen molar-refractivity contribution < 1.29 is 37.9 Å². The van der Waals surface area contributed by atoms with Crippen LogP contribution in [-0.2, 0) is 10.3 Å². The SMILES string of the molecule is CN(C)c1ccc2cc(C(=O)N3CCN(c4ccc5c(c4)Oc4cc(OC(=O)c6cc([N+](=O)[O-])ccc6F)ccc4C54OC(=O)c5ccccc54)CC3)ccc2c1. The van der Waals surface area contributed by atoms with Crippen molar-refractivity contribution >= 4 is 45.7 Å². The highest BCUT2D eigenvalue weighted by atomic mass is 19.1. The highest BCUT2D eigenvalue weighted by Gasteiger charge is 2.53. The Labute approximate surface area is 325 Å². The van der Waals surface area contributed by atoms with Crippen LogP contribution in [-0.4, -0.2) is 67.9 Å². The van der Waals surface area contributed by atoms with Crippen LogP contribution in [0.25, 0.3) is 10.8 Å². The lowest BCUT2D eigenvalue weighted by atomic mass is 9.77. The summed E-state index contributed by atoms with van der Waals surface area (Å²) >= 11 is 0. The summed E-state index contributed by atoms with van der Waals surface area (Å²) in [4.78, 5) is 56.7. The fourth-order valence-corrected chi connectivity index (χ4v) is 7.85. The fourth-order valence-electron chi connectivity index (χ4n) is 7.85. The van der Waals surface area contributed by atoms with Crippen molar-refractivity contribution in [2.45, 2.75) is 5.60 Å². The van der Waals surface area contributed by atoms with Gasteiger partial charge in [-0.3, -0.25) is 14.9 Å². The number of esters is 2. The van der Waals surface area contributed by atoms with Crippen LogP contribution in [0, 0.1) is 15.9 Å². The second-order valence-corrected chi connectivity index (χ2v) is 14.3. The molecule has 0 aromatic heterocycles. The van der Waals surface area contributed by atoms with E-state index in [9.17, 15) is 28.9 Å². The minimum Gasteiger partial charge on any atom is -0.456 e. The third-order valence-electron chi connectivity index (χ3n) is 10.8. The first-order chi connectivity index (χ1) is 27.5. The van der Waals surface area contributed by atoms with E-state index in [4.69, 9.17) is 14.2 Å². The summed E-state index contributed by atoms with van der Waals surface area (Å²) in [6.45, 7) is 2.09. The van der Waals surface area contributed by atoms with Crippen molar-refractivity contribution in [2.24, 2.45) is 0 Å². The normalized spacial score (nSPS) is 16.6. The van der Waals surface area contributed by atoms with Gasteiger partial charge >= 0.3 is 11.9 Å². The Bertz CT molecular complexity index is 2690. The molecule has 0 bridgehead atoms. The zero-order valence-electron chi connectivity index (χ0n) is 30.7. The number of nitrogens with zero attached hydrogens (tertiary/aromatic N) is 4. The van der Waals surface area contributed by atoms with Crippen LogP contribution < -0.4 is 19.3 Å². The number of piperazine rings is 1. The third kappa shape index (κ3) is 5.95. The molecular weight excluding hydrogens is 732 g/mol. The topological polar surface area (TPSA) is 132 Å². The summed E-state index contributed by atoms with van der Waals surface area (Å²) in [6.07, 6.45) is 0. The maximum Gasteiger partial charge on any atom is 0.346 e. The van der Waals surface area contributed by atoms with Gasteiger partial charge in [-0.25, -0.2) is 14.0 Å². The van der Waals surface area contributed by atoms with E-state index >= 15 is 0 Å². The summed E-state index contributed by atoms with van der Waals surface area (Å²) in [5.74, 6) is -2.08. The lowest BCUT2D eigenvalue weighted by molar-refractivity contribution is -0.384. The van der Waals surface area contributed by atoms with E-state index in [0.29, 0.717) is 59.7 Å². The highest BCUT2D eigenvalue weighted by Crippen LogP contribution is 2.57. The van der Waals surface area contributed by atoms with Crippen molar-refractivity contribution in [1.29, 1.82) is 0 Å². The molecule has 12 nitrogen and oxygen atoms in total. The summed E-state index contributed by atoms with van der Waals surface area (Å²) < 4.78 is 32.8. The number of hydrogen-bond acceptors (Lipinski definition) is 10. The molecule has 1 fully saturated rings. The second kappa shape index (κ2) is 13.5. The molecule has 3 aliphatic rings. The van der Waals surface area contributed by atoms with Gasteiger partial charge in [0, 0.05) is 98.2 Å². The molecule has 6 aromatic rings. The zero-order chi connectivity index (χ0) is 39.6. The van der Waals surface area contributed by atoms with Crippen molar-refractivity contribution in [1.82, 2.24) is 4.90 Å². The number of hydrogen-bond donors (Lipinski definition) is 0. The number of nitro benzene ring substituents is 1. The van der Waals surface area contributed by atoms with Gasteiger partial charge in [0.15, 0.2) is 5.60 Å². The van der Waals surface area contributed by atoms with Gasteiger partial charge in [0.2, 0.25) is 0 Å². The predicted octanol–water partition coefficient (Wildman–Crippen LogP) is 7.70. The summed E-state index contributed by atoms with van der Waals surface area (Å²) in [5, 5.41) is 13.3. The number of carbonyl (C=O) groups excluding carboxylic acids is 3. The molecule has 0 aliphatic carbocycles. The summed E-state index contributed by atoms with van der Waals surface area (Å²) in [7, 11) is 3.98. The predicted molar refractivity (Wildman–Crippen MR) is 209 cm³/mol. The Balaban J connectivity index is 0.996. The number of anilines is 2. The second-order valence-electron chi connectivity index (χ2n) is 14.3. The lowest BCUT2D eigenvalue weighted by Gasteiger charge is -2.39. The lowest BCUT2D eigenvalue weighted by Crippen LogP contribution is -2.48. The van der Waals surface area contributed by atoms with Crippen molar-refractivity contribution in [3.05, 3.63) is 165 Å². The highest BCUT2D eigenvalue weighted by molar-refractivity contribution is 6.00. The van der Waals surface area contributed by atoms with Crippen LogP contribution >= 0.6 is 0 Å². The quantitative estimate of drug-likeness (QED) is 0.0720. The van der Waals surface area contributed by atoms with Crippen LogP contribution in [0.3, 0.4) is 0 Å². The van der Waals surface area contributed by atoms with Crippen LogP contribution in [0.15, 0.2) is 115 Å². The van der Waals surface area contributed by atoms with Gasteiger partial charge in [-0.1, -0.05) is 30.3 Å². The maximum atomic E-state index is 14.6. The molecule has 3 heterocycles. The molecule has 0 saturated carbocycles. The van der Waals surface area contributed by atoms with E-state index in [1.165, 1.54) is 12.1 Å². The molecule has 284 valence electrons. The van der Waals surface area contributed by atoms with Gasteiger partial charge in [0.05, 0.1) is 10.5 Å². The number of carbonyl (C=O) groups is 3. The molecule has 1 saturated heterocycles. The Hall–Kier alpha value is -7.28. The van der Waals surface area contributed by atoms with Crippen LogP contribution in [0.4, 0.5) is 21.5 Å². The van der Waals surface area contributed by atoms with Crippen LogP contribution in [0.1, 0.15) is 47.8 Å². The molecule has 0 N–H and O–H groups in total. The van der Waals surface area contributed by atoms with E-state index in [-0.39, 0.29) is 17.4 Å². The molecule has 1 spiro atoms. The van der Waals surface area contributed by atoms with Crippen molar-refractivity contribution in [2.75, 3.05) is 50.1 Å². The van der Waals surface area contributed by atoms with Gasteiger partial charge in [0.25, 0.3) is 11.6 Å². The number of nitro groups is 1. The third-order valence-corrected chi connectivity index (χ3v) is 10.8. The molecule has 13 heteroatoms. The Kier molecular flexibility index (Phi) is 8.38. The standard InChI is InChI=1S/C44H33FN4O8/c1-46(2)29-10-9-26-21-28(8-7-27(26)22-29)41(50)48-19-17-47(18-20-48)30-11-14-36-39(24-30)56-40-25-32(55-42(51)34-23-31(49(53)54)12-16-38(34)45)13-15-37(40)44(36)35-6-4-3-5-33(35)43(52)57-44/h3-16,21-25H,17-20H2,1-2H3. The molecule has 6 aromatic carbocycles.